The third kappa shape index (κ3) is 4.55. The quantitative estimate of drug-likeness (QED) is 0.668. The number of nitrogens with one attached hydrogen (secondary N) is 1. The summed E-state index contributed by atoms with van der Waals surface area (Å²) in [6, 6.07) is 4.08. The van der Waals surface area contributed by atoms with Gasteiger partial charge in [0.2, 0.25) is 0 Å². The third-order valence-corrected chi connectivity index (χ3v) is 3.33. The van der Waals surface area contributed by atoms with Crippen molar-refractivity contribution in [2.24, 2.45) is 0 Å². The molecule has 1 saturated heterocycles. The van der Waals surface area contributed by atoms with Gasteiger partial charge in [0, 0.05) is 38.3 Å². The first-order valence-electron chi connectivity index (χ1n) is 6.20. The Morgan fingerprint density at radius 3 is 2.14 bits per heavy atom. The van der Waals surface area contributed by atoms with Gasteiger partial charge in [-0.15, -0.1) is 24.8 Å². The summed E-state index contributed by atoms with van der Waals surface area (Å²) in [6.45, 7) is 3.10. The van der Waals surface area contributed by atoms with Gasteiger partial charge in [-0.05, 0) is 0 Å². The van der Waals surface area contributed by atoms with Gasteiger partial charge in [0.05, 0.1) is 24.1 Å². The van der Waals surface area contributed by atoms with E-state index < -0.39 is 0 Å². The van der Waals surface area contributed by atoms with Crippen molar-refractivity contribution in [2.75, 3.05) is 26.2 Å². The van der Waals surface area contributed by atoms with E-state index in [2.05, 4.69) is 11.4 Å². The van der Waals surface area contributed by atoms with Gasteiger partial charge >= 0.3 is 0 Å². The third-order valence-electron chi connectivity index (χ3n) is 3.33. The number of hydrogen-bond donors (Lipinski definition) is 4. The highest BCUT2D eigenvalue weighted by atomic mass is 35.5. The van der Waals surface area contributed by atoms with Crippen molar-refractivity contribution in [1.29, 1.82) is 5.26 Å². The molecule has 0 aromatic heterocycles. The fourth-order valence-corrected chi connectivity index (χ4v) is 2.44. The van der Waals surface area contributed by atoms with Crippen LogP contribution < -0.4 is 5.32 Å². The molecule has 0 spiro atoms. The van der Waals surface area contributed by atoms with Crippen LogP contribution in [0, 0.1) is 11.3 Å². The molecule has 0 saturated carbocycles. The van der Waals surface area contributed by atoms with Gasteiger partial charge in [-0.1, -0.05) is 0 Å². The Morgan fingerprint density at radius 2 is 1.67 bits per heavy atom. The average Bonchev–Trinajstić information content (AvgIpc) is 2.37. The number of hydrogen-bond acceptors (Lipinski definition) is 6. The van der Waals surface area contributed by atoms with Crippen LogP contribution in [0.3, 0.4) is 0 Å². The highest BCUT2D eigenvalue weighted by molar-refractivity contribution is 5.85. The van der Waals surface area contributed by atoms with Crippen molar-refractivity contribution in [3.63, 3.8) is 0 Å². The molecule has 1 aromatic carbocycles. The normalized spacial score (nSPS) is 16.1. The molecule has 0 unspecified atom stereocenters. The predicted molar refractivity (Wildman–Crippen MR) is 83.3 cm³/mol. The molecule has 1 aliphatic rings. The molecule has 0 aliphatic carbocycles. The lowest BCUT2D eigenvalue weighted by atomic mass is 9.99. The zero-order valence-corrected chi connectivity index (χ0v) is 13.0. The Kier molecular flexibility index (Phi) is 8.22. The largest absolute Gasteiger partial charge is 0.508 e. The molecule has 0 amide bonds. The van der Waals surface area contributed by atoms with Gasteiger partial charge in [0.1, 0.15) is 17.2 Å². The van der Waals surface area contributed by atoms with Crippen LogP contribution in [0.25, 0.3) is 0 Å². The first-order chi connectivity index (χ1) is 9.13. The summed E-state index contributed by atoms with van der Waals surface area (Å²) in [4.78, 5) is 2.05. The van der Waals surface area contributed by atoms with E-state index in [4.69, 9.17) is 5.26 Å². The van der Waals surface area contributed by atoms with E-state index >= 15 is 0 Å². The first-order valence-corrected chi connectivity index (χ1v) is 6.20. The fourth-order valence-electron chi connectivity index (χ4n) is 2.44. The van der Waals surface area contributed by atoms with Crippen molar-refractivity contribution < 1.29 is 15.3 Å². The highest BCUT2D eigenvalue weighted by Gasteiger charge is 2.27. The predicted octanol–water partition coefficient (Wildman–Crippen LogP) is 1.51. The molecule has 0 radical (unpaired) electrons. The molecule has 1 atom stereocenters. The molecule has 118 valence electrons. The van der Waals surface area contributed by atoms with E-state index in [1.54, 1.807) is 0 Å². The van der Waals surface area contributed by atoms with Crippen molar-refractivity contribution in [1.82, 2.24) is 10.2 Å². The van der Waals surface area contributed by atoms with Gasteiger partial charge in [0.25, 0.3) is 0 Å². The summed E-state index contributed by atoms with van der Waals surface area (Å²) in [5.74, 6) is -0.567. The smallest absolute Gasteiger partial charge is 0.127 e. The standard InChI is InChI=1S/C13H17N3O3.2ClH/c14-2-1-10(16-5-3-15-4-6-16)13-11(18)7-9(17)8-12(13)19;;/h7-8,10,15,17-19H,1,3-6H2;2*1H/t10-;;/m1../s1. The van der Waals surface area contributed by atoms with Crippen molar-refractivity contribution in [2.45, 2.75) is 12.5 Å². The van der Waals surface area contributed by atoms with E-state index in [1.165, 1.54) is 12.1 Å². The molecule has 4 N–H and O–H groups in total. The zero-order valence-electron chi connectivity index (χ0n) is 11.3. The van der Waals surface area contributed by atoms with Gasteiger partial charge in [0.15, 0.2) is 0 Å². The number of phenolic OH excluding ortho intramolecular Hbond substituents is 3. The number of rotatable bonds is 3. The minimum Gasteiger partial charge on any atom is -0.508 e. The number of benzene rings is 1. The second-order valence-corrected chi connectivity index (χ2v) is 4.56. The number of piperazine rings is 1. The summed E-state index contributed by atoms with van der Waals surface area (Å²) in [7, 11) is 0. The van der Waals surface area contributed by atoms with Gasteiger partial charge in [-0.3, -0.25) is 4.90 Å². The maximum Gasteiger partial charge on any atom is 0.127 e. The van der Waals surface area contributed by atoms with Gasteiger partial charge < -0.3 is 20.6 Å². The van der Waals surface area contributed by atoms with Crippen LogP contribution in [0.4, 0.5) is 0 Å². The average molecular weight is 336 g/mol. The van der Waals surface area contributed by atoms with E-state index in [0.717, 1.165) is 26.2 Å². The molecule has 0 bridgehead atoms. The topological polar surface area (TPSA) is 99.8 Å². The molecule has 1 aromatic rings. The molecule has 6 nitrogen and oxygen atoms in total. The number of halogens is 2. The summed E-state index contributed by atoms with van der Waals surface area (Å²) < 4.78 is 0. The molecule has 1 fully saturated rings. The van der Waals surface area contributed by atoms with Gasteiger partial charge in [-0.2, -0.15) is 5.26 Å². The highest BCUT2D eigenvalue weighted by Crippen LogP contribution is 2.40. The number of nitrogens with zero attached hydrogens (tertiary/aromatic N) is 2. The zero-order chi connectivity index (χ0) is 13.8. The van der Waals surface area contributed by atoms with E-state index in [9.17, 15) is 15.3 Å². The Hall–Kier alpha value is -1.39. The Bertz CT molecular complexity index is 479. The molecule has 2 rings (SSSR count). The fraction of sp³-hybridized carbons (Fsp3) is 0.462. The van der Waals surface area contributed by atoms with E-state index in [0.29, 0.717) is 5.56 Å². The molecule has 1 heterocycles. The number of nitriles is 1. The van der Waals surface area contributed by atoms with Crippen LogP contribution in [-0.4, -0.2) is 46.4 Å². The van der Waals surface area contributed by atoms with Crippen LogP contribution in [0.2, 0.25) is 0 Å². The SMILES string of the molecule is Cl.Cl.N#CC[C@H](c1c(O)cc(O)cc1O)N1CCNCC1. The van der Waals surface area contributed by atoms with Crippen LogP contribution in [0.1, 0.15) is 18.0 Å². The minimum atomic E-state index is -0.368. The maximum absolute atomic E-state index is 9.93. The van der Waals surface area contributed by atoms with Crippen LogP contribution in [0.15, 0.2) is 12.1 Å². The lowest BCUT2D eigenvalue weighted by Crippen LogP contribution is -2.45. The lowest BCUT2D eigenvalue weighted by Gasteiger charge is -2.34. The Morgan fingerprint density at radius 1 is 1.14 bits per heavy atom. The molecular weight excluding hydrogens is 317 g/mol. The summed E-state index contributed by atoms with van der Waals surface area (Å²) in [5, 5.41) is 41.4. The lowest BCUT2D eigenvalue weighted by molar-refractivity contribution is 0.170. The summed E-state index contributed by atoms with van der Waals surface area (Å²) in [5.41, 5.74) is 0.307. The second kappa shape index (κ2) is 8.80. The number of aromatic hydroxyl groups is 3. The van der Waals surface area contributed by atoms with Crippen LogP contribution in [0.5, 0.6) is 17.2 Å². The van der Waals surface area contributed by atoms with E-state index in [-0.39, 0.29) is 54.5 Å². The van der Waals surface area contributed by atoms with Crippen molar-refractivity contribution in [3.8, 4) is 23.3 Å². The second-order valence-electron chi connectivity index (χ2n) is 4.56. The minimum absolute atomic E-state index is 0. The molecular formula is C13H19Cl2N3O3. The molecule has 8 heteroatoms. The summed E-state index contributed by atoms with van der Waals surface area (Å²) >= 11 is 0. The Labute approximate surface area is 135 Å². The Balaban J connectivity index is 0.00000200. The van der Waals surface area contributed by atoms with E-state index in [1.807, 2.05) is 4.90 Å². The van der Waals surface area contributed by atoms with Crippen molar-refractivity contribution >= 4 is 24.8 Å². The summed E-state index contributed by atoms with van der Waals surface area (Å²) in [6.07, 6.45) is 0.173. The van der Waals surface area contributed by atoms with Crippen LogP contribution in [-0.2, 0) is 0 Å². The maximum atomic E-state index is 9.93. The van der Waals surface area contributed by atoms with Crippen molar-refractivity contribution in [3.05, 3.63) is 17.7 Å². The van der Waals surface area contributed by atoms with Gasteiger partial charge in [-0.25, -0.2) is 0 Å². The molecule has 21 heavy (non-hydrogen) atoms. The monoisotopic (exact) mass is 335 g/mol. The number of phenols is 3. The molecule has 1 aliphatic heterocycles. The van der Waals surface area contributed by atoms with Crippen LogP contribution >= 0.6 is 24.8 Å². The first kappa shape index (κ1) is 19.6.